The number of esters is 1. The molecule has 2 saturated carbocycles. The summed E-state index contributed by atoms with van der Waals surface area (Å²) in [6.07, 6.45) is 8.90. The highest BCUT2D eigenvalue weighted by Crippen LogP contribution is 2.54. The molecular formula is C17H18O4. The molecule has 4 aliphatic rings. The lowest BCUT2D eigenvalue weighted by Crippen LogP contribution is -2.11. The summed E-state index contributed by atoms with van der Waals surface area (Å²) >= 11 is 0. The lowest BCUT2D eigenvalue weighted by molar-refractivity contribution is -0.152. The SMILES string of the molecule is CC1=CC(O/C=C2/C(=O)C[C@@H]3C4=CCC[C@H]4C[C@H]23)OC1=O. The number of allylic oxidation sites excluding steroid dienone is 3. The third-order valence-electron chi connectivity index (χ3n) is 5.21. The molecule has 1 unspecified atom stereocenters. The van der Waals surface area contributed by atoms with Gasteiger partial charge in [0, 0.05) is 23.6 Å². The third-order valence-corrected chi connectivity index (χ3v) is 5.21. The second kappa shape index (κ2) is 4.58. The van der Waals surface area contributed by atoms with Crippen molar-refractivity contribution in [3.63, 3.8) is 0 Å². The van der Waals surface area contributed by atoms with Crippen molar-refractivity contribution in [3.05, 3.63) is 35.1 Å². The van der Waals surface area contributed by atoms with Crippen LogP contribution in [0, 0.1) is 17.8 Å². The predicted molar refractivity (Wildman–Crippen MR) is 74.8 cm³/mol. The molecule has 1 heterocycles. The first-order chi connectivity index (χ1) is 10.1. The number of ketones is 1. The van der Waals surface area contributed by atoms with Crippen LogP contribution in [0.15, 0.2) is 35.1 Å². The van der Waals surface area contributed by atoms with E-state index in [4.69, 9.17) is 9.47 Å². The molecule has 1 aliphatic heterocycles. The van der Waals surface area contributed by atoms with Gasteiger partial charge in [-0.25, -0.2) is 4.79 Å². The maximum absolute atomic E-state index is 12.2. The number of rotatable bonds is 2. The van der Waals surface area contributed by atoms with E-state index in [2.05, 4.69) is 6.08 Å². The second-order valence-corrected chi connectivity index (χ2v) is 6.39. The highest BCUT2D eigenvalue weighted by Gasteiger charge is 2.48. The number of fused-ring (bicyclic) bond motifs is 3. The van der Waals surface area contributed by atoms with Crippen molar-refractivity contribution < 1.29 is 19.1 Å². The van der Waals surface area contributed by atoms with E-state index < -0.39 is 6.29 Å². The van der Waals surface area contributed by atoms with Crippen LogP contribution >= 0.6 is 0 Å². The summed E-state index contributed by atoms with van der Waals surface area (Å²) in [5.41, 5.74) is 2.83. The molecule has 4 nitrogen and oxygen atoms in total. The lowest BCUT2D eigenvalue weighted by atomic mass is 9.95. The zero-order chi connectivity index (χ0) is 14.6. The van der Waals surface area contributed by atoms with Gasteiger partial charge in [-0.3, -0.25) is 4.79 Å². The molecule has 4 heteroatoms. The molecule has 2 fully saturated rings. The van der Waals surface area contributed by atoms with Crippen molar-refractivity contribution in [2.75, 3.05) is 0 Å². The molecule has 0 aromatic rings. The highest BCUT2D eigenvalue weighted by molar-refractivity contribution is 5.99. The van der Waals surface area contributed by atoms with Crippen LogP contribution in [0.4, 0.5) is 0 Å². The minimum absolute atomic E-state index is 0.182. The van der Waals surface area contributed by atoms with Crippen molar-refractivity contribution in [1.82, 2.24) is 0 Å². The Balaban J connectivity index is 1.51. The Kier molecular flexibility index (Phi) is 2.81. The van der Waals surface area contributed by atoms with Gasteiger partial charge >= 0.3 is 5.97 Å². The number of ether oxygens (including phenoxy) is 2. The van der Waals surface area contributed by atoms with Gasteiger partial charge in [0.05, 0.1) is 6.26 Å². The minimum atomic E-state index is -0.683. The van der Waals surface area contributed by atoms with Gasteiger partial charge in [0.25, 0.3) is 6.29 Å². The van der Waals surface area contributed by atoms with E-state index in [9.17, 15) is 9.59 Å². The molecule has 0 bridgehead atoms. The normalized spacial score (nSPS) is 39.2. The summed E-state index contributed by atoms with van der Waals surface area (Å²) in [6, 6.07) is 0. The maximum atomic E-state index is 12.2. The Morgan fingerprint density at radius 2 is 2.19 bits per heavy atom. The van der Waals surface area contributed by atoms with Crippen molar-refractivity contribution in [2.24, 2.45) is 17.8 Å². The van der Waals surface area contributed by atoms with Crippen LogP contribution in [0.5, 0.6) is 0 Å². The average Bonchev–Trinajstić information content (AvgIpc) is 3.13. The van der Waals surface area contributed by atoms with Gasteiger partial charge < -0.3 is 9.47 Å². The zero-order valence-corrected chi connectivity index (χ0v) is 12.0. The van der Waals surface area contributed by atoms with Crippen LogP contribution in [0.3, 0.4) is 0 Å². The average molecular weight is 286 g/mol. The van der Waals surface area contributed by atoms with E-state index in [0.29, 0.717) is 29.7 Å². The Bertz CT molecular complexity index is 610. The Morgan fingerprint density at radius 3 is 2.95 bits per heavy atom. The quantitative estimate of drug-likeness (QED) is 0.339. The number of hydrogen-bond donors (Lipinski definition) is 0. The molecule has 21 heavy (non-hydrogen) atoms. The molecular weight excluding hydrogens is 268 g/mol. The van der Waals surface area contributed by atoms with E-state index >= 15 is 0 Å². The Labute approximate surface area is 123 Å². The first kappa shape index (κ1) is 12.9. The number of carbonyl (C=O) groups excluding carboxylic acids is 2. The molecule has 4 atom stereocenters. The fourth-order valence-corrected chi connectivity index (χ4v) is 4.19. The standard InChI is InChI=1S/C17H18O4/c1-9-5-16(21-17(9)19)20-8-14-12-6-10-3-2-4-11(10)13(12)7-15(14)18/h4-5,8,10,12-13,16H,2-3,6-7H2,1H3/b14-8+/t10-,12-,13+,16?/m0/s1. The third kappa shape index (κ3) is 1.96. The molecule has 3 aliphatic carbocycles. The fraction of sp³-hybridized carbons (Fsp3) is 0.529. The van der Waals surface area contributed by atoms with Gasteiger partial charge in [0.15, 0.2) is 5.78 Å². The van der Waals surface area contributed by atoms with E-state index in [0.717, 1.165) is 18.4 Å². The molecule has 0 N–H and O–H groups in total. The van der Waals surface area contributed by atoms with Crippen LogP contribution in [0.25, 0.3) is 0 Å². The minimum Gasteiger partial charge on any atom is -0.458 e. The first-order valence-corrected chi connectivity index (χ1v) is 7.61. The molecule has 110 valence electrons. The van der Waals surface area contributed by atoms with Crippen molar-refractivity contribution in [2.45, 2.75) is 38.9 Å². The van der Waals surface area contributed by atoms with Gasteiger partial charge in [-0.05, 0) is 43.9 Å². The van der Waals surface area contributed by atoms with Gasteiger partial charge in [0.2, 0.25) is 0 Å². The van der Waals surface area contributed by atoms with Crippen molar-refractivity contribution in [1.29, 1.82) is 0 Å². The van der Waals surface area contributed by atoms with Crippen LogP contribution < -0.4 is 0 Å². The number of Topliss-reactive ketones (excluding diaryl/α,β-unsaturated/α-hetero) is 1. The van der Waals surface area contributed by atoms with Gasteiger partial charge in [-0.15, -0.1) is 0 Å². The number of carbonyl (C=O) groups is 2. The lowest BCUT2D eigenvalue weighted by Gasteiger charge is -2.12. The topological polar surface area (TPSA) is 52.6 Å². The predicted octanol–water partition coefficient (Wildman–Crippen LogP) is 2.66. The molecule has 0 amide bonds. The fourth-order valence-electron chi connectivity index (χ4n) is 4.19. The van der Waals surface area contributed by atoms with Crippen LogP contribution in [-0.2, 0) is 19.1 Å². The summed E-state index contributed by atoms with van der Waals surface area (Å²) in [5, 5.41) is 0. The summed E-state index contributed by atoms with van der Waals surface area (Å²) in [5.74, 6) is 1.19. The zero-order valence-electron chi connectivity index (χ0n) is 12.0. The van der Waals surface area contributed by atoms with Gasteiger partial charge in [-0.1, -0.05) is 11.6 Å². The maximum Gasteiger partial charge on any atom is 0.336 e. The molecule has 4 rings (SSSR count). The summed E-state index contributed by atoms with van der Waals surface area (Å²) in [6.45, 7) is 1.69. The van der Waals surface area contributed by atoms with Crippen molar-refractivity contribution in [3.8, 4) is 0 Å². The number of cyclic esters (lactones) is 1. The van der Waals surface area contributed by atoms with E-state index in [1.165, 1.54) is 12.0 Å². The Morgan fingerprint density at radius 1 is 1.33 bits per heavy atom. The van der Waals surface area contributed by atoms with Crippen LogP contribution in [0.1, 0.15) is 32.6 Å². The first-order valence-electron chi connectivity index (χ1n) is 7.61. The highest BCUT2D eigenvalue weighted by atomic mass is 16.7. The molecule has 0 radical (unpaired) electrons. The summed E-state index contributed by atoms with van der Waals surface area (Å²) < 4.78 is 10.5. The Hall–Kier alpha value is -1.84. The van der Waals surface area contributed by atoms with Gasteiger partial charge in [0.1, 0.15) is 0 Å². The van der Waals surface area contributed by atoms with Crippen LogP contribution in [-0.4, -0.2) is 18.0 Å². The molecule has 0 saturated heterocycles. The van der Waals surface area contributed by atoms with Gasteiger partial charge in [-0.2, -0.15) is 0 Å². The van der Waals surface area contributed by atoms with E-state index in [1.807, 2.05) is 0 Å². The molecule has 0 aromatic heterocycles. The largest absolute Gasteiger partial charge is 0.458 e. The smallest absolute Gasteiger partial charge is 0.336 e. The molecule has 0 spiro atoms. The monoisotopic (exact) mass is 286 g/mol. The summed E-state index contributed by atoms with van der Waals surface area (Å²) in [4.78, 5) is 23.5. The summed E-state index contributed by atoms with van der Waals surface area (Å²) in [7, 11) is 0. The number of hydrogen-bond acceptors (Lipinski definition) is 4. The molecule has 0 aromatic carbocycles. The second-order valence-electron chi connectivity index (χ2n) is 6.39. The van der Waals surface area contributed by atoms with Crippen molar-refractivity contribution >= 4 is 11.8 Å². The van der Waals surface area contributed by atoms with Crippen LogP contribution in [0.2, 0.25) is 0 Å². The van der Waals surface area contributed by atoms with E-state index in [-0.39, 0.29) is 11.8 Å². The van der Waals surface area contributed by atoms with E-state index in [1.54, 1.807) is 19.3 Å².